The van der Waals surface area contributed by atoms with Crippen molar-refractivity contribution in [3.8, 4) is 0 Å². The van der Waals surface area contributed by atoms with Crippen molar-refractivity contribution in [1.29, 1.82) is 0 Å². The van der Waals surface area contributed by atoms with E-state index < -0.39 is 0 Å². The van der Waals surface area contributed by atoms with E-state index in [-0.39, 0.29) is 0 Å². The summed E-state index contributed by atoms with van der Waals surface area (Å²) in [5.41, 5.74) is 1.29. The van der Waals surface area contributed by atoms with Crippen molar-refractivity contribution in [2.24, 2.45) is 0 Å². The van der Waals surface area contributed by atoms with Gasteiger partial charge in [-0.15, -0.1) is 23.1 Å². The largest absolute Gasteiger partial charge is 0.119 e. The molecule has 0 saturated carbocycles. The van der Waals surface area contributed by atoms with Gasteiger partial charge in [0, 0.05) is 0 Å². The summed E-state index contributed by atoms with van der Waals surface area (Å²) in [5, 5.41) is 0. The van der Waals surface area contributed by atoms with Crippen LogP contribution in [0, 0.1) is 6.92 Å². The molecule has 0 saturated heterocycles. The average Bonchev–Trinajstić information content (AvgIpc) is 2.10. The Bertz CT molecular complexity index is 205. The van der Waals surface area contributed by atoms with Crippen LogP contribution in [-0.2, 0) is 0 Å². The Morgan fingerprint density at radius 3 is 2.56 bits per heavy atom. The van der Waals surface area contributed by atoms with Gasteiger partial charge in [-0.2, -0.15) is 0 Å². The lowest BCUT2D eigenvalue weighted by Crippen LogP contribution is -1.61. The fraction of sp³-hybridized carbons (Fsp3) is 0.333. The van der Waals surface area contributed by atoms with Gasteiger partial charge in [-0.3, -0.25) is 0 Å². The van der Waals surface area contributed by atoms with E-state index in [4.69, 9.17) is 11.6 Å². The summed E-state index contributed by atoms with van der Waals surface area (Å²) in [4.78, 5) is 0. The van der Waals surface area contributed by atoms with Crippen LogP contribution in [0.5, 0.6) is 0 Å². The van der Waals surface area contributed by atoms with Crippen LogP contribution in [-0.4, -0.2) is 6.26 Å². The van der Waals surface area contributed by atoms with Crippen molar-refractivity contribution in [1.82, 2.24) is 0 Å². The number of halogens is 1. The van der Waals surface area contributed by atoms with E-state index in [1.807, 2.05) is 6.07 Å². The van der Waals surface area contributed by atoms with Crippen LogP contribution in [0.1, 0.15) is 5.56 Å². The Balaban J connectivity index is 3.01. The number of aryl methyl sites for hydroxylation is 1. The van der Waals surface area contributed by atoms with Crippen LogP contribution < -0.4 is 0 Å². The molecule has 0 radical (unpaired) electrons. The number of rotatable bonds is 1. The summed E-state index contributed by atoms with van der Waals surface area (Å²) in [5.74, 6) is 0. The summed E-state index contributed by atoms with van der Waals surface area (Å²) in [6.07, 6.45) is 2.06. The van der Waals surface area contributed by atoms with Crippen LogP contribution in [0.25, 0.3) is 0 Å². The zero-order chi connectivity index (χ0) is 6.85. The molecule has 0 bridgehead atoms. The highest BCUT2D eigenvalue weighted by atomic mass is 35.5. The van der Waals surface area contributed by atoms with Crippen LogP contribution in [0.3, 0.4) is 0 Å². The van der Waals surface area contributed by atoms with Gasteiger partial charge in [-0.25, -0.2) is 0 Å². The fourth-order valence-electron chi connectivity index (χ4n) is 0.630. The molecule has 0 aliphatic rings. The molecule has 0 nitrogen and oxygen atoms in total. The molecule has 0 aliphatic heterocycles. The molecule has 1 aromatic rings. The molecule has 50 valence electrons. The third kappa shape index (κ3) is 1.63. The van der Waals surface area contributed by atoms with Gasteiger partial charge in [-0.05, 0) is 24.8 Å². The number of hydrogen-bond donors (Lipinski definition) is 0. The second kappa shape index (κ2) is 2.95. The summed E-state index contributed by atoms with van der Waals surface area (Å²) in [6.45, 7) is 2.08. The van der Waals surface area contributed by atoms with Crippen LogP contribution in [0.2, 0.25) is 4.34 Å². The molecule has 0 N–H and O–H groups in total. The van der Waals surface area contributed by atoms with E-state index in [1.165, 1.54) is 9.77 Å². The first kappa shape index (κ1) is 7.45. The highest BCUT2D eigenvalue weighted by molar-refractivity contribution is 8.00. The van der Waals surface area contributed by atoms with Crippen molar-refractivity contribution in [2.75, 3.05) is 6.26 Å². The van der Waals surface area contributed by atoms with Crippen molar-refractivity contribution >= 4 is 34.7 Å². The van der Waals surface area contributed by atoms with Gasteiger partial charge in [-0.1, -0.05) is 11.6 Å². The lowest BCUT2D eigenvalue weighted by molar-refractivity contribution is 1.43. The summed E-state index contributed by atoms with van der Waals surface area (Å²) < 4.78 is 2.21. The monoisotopic (exact) mass is 178 g/mol. The molecule has 0 atom stereocenters. The lowest BCUT2D eigenvalue weighted by atomic mass is 10.4. The third-order valence-corrected chi connectivity index (χ3v) is 3.63. The lowest BCUT2D eigenvalue weighted by Gasteiger charge is -1.87. The van der Waals surface area contributed by atoms with Crippen molar-refractivity contribution in [3.63, 3.8) is 0 Å². The molecule has 0 aliphatic carbocycles. The van der Waals surface area contributed by atoms with E-state index in [0.29, 0.717) is 0 Å². The van der Waals surface area contributed by atoms with Gasteiger partial charge in [0.2, 0.25) is 0 Å². The molecule has 0 spiro atoms. The van der Waals surface area contributed by atoms with Gasteiger partial charge in [0.1, 0.15) is 0 Å². The minimum absolute atomic E-state index is 0.886. The maximum Gasteiger partial charge on any atom is 0.0943 e. The first-order chi connectivity index (χ1) is 4.24. The topological polar surface area (TPSA) is 0 Å². The molecule has 1 rings (SSSR count). The normalized spacial score (nSPS) is 10.1. The fourth-order valence-corrected chi connectivity index (χ4v) is 2.78. The van der Waals surface area contributed by atoms with Gasteiger partial charge in [0.25, 0.3) is 0 Å². The molecule has 0 aromatic carbocycles. The Morgan fingerprint density at radius 1 is 1.67 bits per heavy atom. The SMILES string of the molecule is CSc1sc(Cl)cc1C. The van der Waals surface area contributed by atoms with E-state index in [1.54, 1.807) is 23.1 Å². The van der Waals surface area contributed by atoms with E-state index in [2.05, 4.69) is 13.2 Å². The maximum atomic E-state index is 5.75. The number of hydrogen-bond acceptors (Lipinski definition) is 2. The second-order valence-electron chi connectivity index (χ2n) is 1.73. The molecule has 3 heteroatoms. The third-order valence-electron chi connectivity index (χ3n) is 1.03. The molecule has 0 unspecified atom stereocenters. The first-order valence-electron chi connectivity index (χ1n) is 2.54. The smallest absolute Gasteiger partial charge is 0.0943 e. The minimum Gasteiger partial charge on any atom is -0.119 e. The van der Waals surface area contributed by atoms with Crippen LogP contribution in [0.4, 0.5) is 0 Å². The van der Waals surface area contributed by atoms with Crippen LogP contribution >= 0.6 is 34.7 Å². The van der Waals surface area contributed by atoms with E-state index in [0.717, 1.165) is 4.34 Å². The number of thiophene rings is 1. The Hall–Kier alpha value is 0.340. The first-order valence-corrected chi connectivity index (χ1v) is 4.96. The maximum absolute atomic E-state index is 5.75. The van der Waals surface area contributed by atoms with Crippen molar-refractivity contribution < 1.29 is 0 Å². The second-order valence-corrected chi connectivity index (χ2v) is 4.48. The van der Waals surface area contributed by atoms with Gasteiger partial charge in [0.15, 0.2) is 0 Å². The van der Waals surface area contributed by atoms with Gasteiger partial charge >= 0.3 is 0 Å². The zero-order valence-electron chi connectivity index (χ0n) is 5.27. The summed E-state index contributed by atoms with van der Waals surface area (Å²) in [6, 6.07) is 2.00. The minimum atomic E-state index is 0.886. The Morgan fingerprint density at radius 2 is 2.33 bits per heavy atom. The molecular weight excluding hydrogens is 172 g/mol. The highest BCUT2D eigenvalue weighted by Crippen LogP contribution is 2.32. The Kier molecular flexibility index (Phi) is 2.44. The van der Waals surface area contributed by atoms with Crippen molar-refractivity contribution in [2.45, 2.75) is 11.1 Å². The predicted octanol–water partition coefficient (Wildman–Crippen LogP) is 3.43. The zero-order valence-corrected chi connectivity index (χ0v) is 7.66. The number of thioether (sulfide) groups is 1. The molecular formula is C6H7ClS2. The molecule has 0 fully saturated rings. The molecule has 1 heterocycles. The summed E-state index contributed by atoms with van der Waals surface area (Å²) in [7, 11) is 0. The molecule has 1 aromatic heterocycles. The van der Waals surface area contributed by atoms with Crippen LogP contribution in [0.15, 0.2) is 10.3 Å². The highest BCUT2D eigenvalue weighted by Gasteiger charge is 2.00. The average molecular weight is 179 g/mol. The van der Waals surface area contributed by atoms with E-state index in [9.17, 15) is 0 Å². The van der Waals surface area contributed by atoms with Gasteiger partial charge < -0.3 is 0 Å². The van der Waals surface area contributed by atoms with Gasteiger partial charge in [0.05, 0.1) is 8.55 Å². The van der Waals surface area contributed by atoms with Crippen molar-refractivity contribution in [3.05, 3.63) is 16.0 Å². The summed E-state index contributed by atoms with van der Waals surface area (Å²) >= 11 is 9.14. The van der Waals surface area contributed by atoms with E-state index >= 15 is 0 Å². The Labute approximate surface area is 68.2 Å². The predicted molar refractivity (Wildman–Crippen MR) is 45.8 cm³/mol. The quantitative estimate of drug-likeness (QED) is 0.594. The molecule has 0 amide bonds. The standard InChI is InChI=1S/C6H7ClS2/c1-4-3-5(7)9-6(4)8-2/h3H,1-2H3. The molecule has 9 heavy (non-hydrogen) atoms.